The summed E-state index contributed by atoms with van der Waals surface area (Å²) in [5.74, 6) is -2.57. The number of carbonyl (C=O) groups excluding carboxylic acids is 2. The van der Waals surface area contributed by atoms with Crippen molar-refractivity contribution in [1.29, 1.82) is 0 Å². The SMILES string of the molecule is CC(=O)OC(c1ccccc1)c1ccc(NC(=O)c2c(-c3ccccc3)c(-c3ccc(F)cc3)n(CC[C@@H](O)C[C@@H](O)CC(=O)O)c2C(C)C)cc1. The van der Waals surface area contributed by atoms with Gasteiger partial charge in [-0.05, 0) is 77.4 Å². The molecule has 10 heteroatoms. The molecule has 0 spiro atoms. The maximum Gasteiger partial charge on any atom is 0.305 e. The van der Waals surface area contributed by atoms with Gasteiger partial charge in [0, 0.05) is 30.4 Å². The Morgan fingerprint density at radius 1 is 0.788 bits per heavy atom. The average molecular weight is 707 g/mol. The zero-order valence-corrected chi connectivity index (χ0v) is 29.3. The lowest BCUT2D eigenvalue weighted by atomic mass is 9.94. The van der Waals surface area contributed by atoms with Gasteiger partial charge in [-0.15, -0.1) is 0 Å². The Balaban J connectivity index is 1.58. The Hall–Kier alpha value is -5.58. The number of carboxylic acid groups (broad SMARTS) is 1. The molecule has 0 saturated heterocycles. The number of hydrogen-bond acceptors (Lipinski definition) is 6. The van der Waals surface area contributed by atoms with Crippen LogP contribution >= 0.6 is 0 Å². The minimum atomic E-state index is -1.22. The van der Waals surface area contributed by atoms with Gasteiger partial charge in [-0.1, -0.05) is 86.6 Å². The fourth-order valence-corrected chi connectivity index (χ4v) is 6.55. The molecule has 9 nitrogen and oxygen atoms in total. The maximum absolute atomic E-state index is 14.6. The number of aromatic nitrogens is 1. The Labute approximate surface area is 302 Å². The van der Waals surface area contributed by atoms with Crippen molar-refractivity contribution >= 4 is 23.5 Å². The standard InChI is InChI=1S/C42H43FN2O7/c1-26(2)39-38(42(51)44-33-20-16-31(17-21-33)41(52-27(3)46)30-12-8-5-9-13-30)37(28-10-6-4-7-11-28)40(29-14-18-32(43)19-15-29)45(39)23-22-34(47)24-35(48)25-36(49)50/h4-21,26,34-35,41,47-48H,22-25H2,1-3H3,(H,44,51)(H,49,50)/t34-,35-,41?/m1/s1. The van der Waals surface area contributed by atoms with Crippen LogP contribution in [-0.4, -0.2) is 49.9 Å². The molecule has 270 valence electrons. The second-order valence-corrected chi connectivity index (χ2v) is 13.1. The summed E-state index contributed by atoms with van der Waals surface area (Å²) in [4.78, 5) is 37.6. The summed E-state index contributed by atoms with van der Waals surface area (Å²) in [6, 6.07) is 31.9. The third-order valence-corrected chi connectivity index (χ3v) is 8.76. The molecule has 52 heavy (non-hydrogen) atoms. The number of carboxylic acids is 1. The van der Waals surface area contributed by atoms with Gasteiger partial charge in [-0.2, -0.15) is 0 Å². The lowest BCUT2D eigenvalue weighted by Crippen LogP contribution is -2.22. The number of amides is 1. The molecular weight excluding hydrogens is 663 g/mol. The van der Waals surface area contributed by atoms with Gasteiger partial charge in [-0.25, -0.2) is 4.39 Å². The number of aliphatic hydroxyl groups is 2. The number of aliphatic carboxylic acids is 1. The first kappa shape index (κ1) is 37.7. The number of esters is 1. The highest BCUT2D eigenvalue weighted by Gasteiger charge is 2.31. The number of ether oxygens (including phenoxy) is 1. The van der Waals surface area contributed by atoms with E-state index in [-0.39, 0.29) is 31.2 Å². The van der Waals surface area contributed by atoms with E-state index in [4.69, 9.17) is 9.84 Å². The van der Waals surface area contributed by atoms with Gasteiger partial charge < -0.3 is 29.9 Å². The summed E-state index contributed by atoms with van der Waals surface area (Å²) in [7, 11) is 0. The van der Waals surface area contributed by atoms with E-state index in [1.54, 1.807) is 36.4 Å². The van der Waals surface area contributed by atoms with Crippen molar-refractivity contribution in [2.45, 2.75) is 70.8 Å². The van der Waals surface area contributed by atoms with E-state index in [1.807, 2.05) is 79.1 Å². The van der Waals surface area contributed by atoms with E-state index in [9.17, 15) is 29.0 Å². The van der Waals surface area contributed by atoms with Crippen LogP contribution in [0.4, 0.5) is 10.1 Å². The first-order chi connectivity index (χ1) is 24.9. The van der Waals surface area contributed by atoms with Gasteiger partial charge in [0.1, 0.15) is 5.82 Å². The van der Waals surface area contributed by atoms with E-state index in [1.165, 1.54) is 19.1 Å². The van der Waals surface area contributed by atoms with Crippen LogP contribution in [0.5, 0.6) is 0 Å². The Morgan fingerprint density at radius 3 is 1.96 bits per heavy atom. The van der Waals surface area contributed by atoms with E-state index in [2.05, 4.69) is 5.32 Å². The van der Waals surface area contributed by atoms with Crippen molar-refractivity contribution in [3.63, 3.8) is 0 Å². The van der Waals surface area contributed by atoms with Gasteiger partial charge in [0.05, 0.1) is 29.9 Å². The van der Waals surface area contributed by atoms with Crippen LogP contribution in [0.3, 0.4) is 0 Å². The van der Waals surface area contributed by atoms with Crippen molar-refractivity contribution in [3.05, 3.63) is 137 Å². The minimum Gasteiger partial charge on any atom is -0.481 e. The smallest absolute Gasteiger partial charge is 0.305 e. The van der Waals surface area contributed by atoms with Gasteiger partial charge in [0.15, 0.2) is 6.10 Å². The number of aliphatic hydroxyl groups excluding tert-OH is 2. The van der Waals surface area contributed by atoms with Crippen molar-refractivity contribution < 1.29 is 38.8 Å². The number of benzene rings is 4. The topological polar surface area (TPSA) is 138 Å². The molecule has 5 aromatic rings. The predicted molar refractivity (Wildman–Crippen MR) is 197 cm³/mol. The fraction of sp³-hybridized carbons (Fsp3) is 0.262. The lowest BCUT2D eigenvalue weighted by Gasteiger charge is -2.20. The second kappa shape index (κ2) is 17.1. The summed E-state index contributed by atoms with van der Waals surface area (Å²) in [6.07, 6.45) is -3.34. The quantitative estimate of drug-likeness (QED) is 0.0811. The van der Waals surface area contributed by atoms with Crippen molar-refractivity contribution in [2.24, 2.45) is 0 Å². The first-order valence-corrected chi connectivity index (χ1v) is 17.2. The van der Waals surface area contributed by atoms with Crippen LogP contribution in [0.1, 0.15) is 79.2 Å². The predicted octanol–water partition coefficient (Wildman–Crippen LogP) is 7.97. The summed E-state index contributed by atoms with van der Waals surface area (Å²) in [6.45, 7) is 5.51. The lowest BCUT2D eigenvalue weighted by molar-refractivity contribution is -0.145. The number of nitrogens with one attached hydrogen (secondary N) is 1. The zero-order valence-electron chi connectivity index (χ0n) is 29.3. The number of hydrogen-bond donors (Lipinski definition) is 4. The number of nitrogens with zero attached hydrogens (tertiary/aromatic N) is 1. The van der Waals surface area contributed by atoms with Gasteiger partial charge >= 0.3 is 11.9 Å². The molecule has 5 rings (SSSR count). The molecule has 0 bridgehead atoms. The van der Waals surface area contributed by atoms with E-state index < -0.39 is 42.5 Å². The van der Waals surface area contributed by atoms with Crippen LogP contribution < -0.4 is 5.32 Å². The van der Waals surface area contributed by atoms with Crippen LogP contribution in [0.15, 0.2) is 109 Å². The first-order valence-electron chi connectivity index (χ1n) is 17.2. The Bertz CT molecular complexity index is 1980. The van der Waals surface area contributed by atoms with Gasteiger partial charge in [-0.3, -0.25) is 14.4 Å². The maximum atomic E-state index is 14.6. The third-order valence-electron chi connectivity index (χ3n) is 8.76. The molecule has 1 aromatic heterocycles. The third kappa shape index (κ3) is 9.20. The minimum absolute atomic E-state index is 0.131. The molecule has 0 aliphatic rings. The number of halogens is 1. The van der Waals surface area contributed by atoms with Crippen LogP contribution in [0, 0.1) is 5.82 Å². The molecule has 3 atom stereocenters. The largest absolute Gasteiger partial charge is 0.481 e. The van der Waals surface area contributed by atoms with Crippen LogP contribution in [0.25, 0.3) is 22.4 Å². The molecule has 1 heterocycles. The van der Waals surface area contributed by atoms with E-state index in [0.717, 1.165) is 16.7 Å². The molecule has 4 aromatic carbocycles. The van der Waals surface area contributed by atoms with Crippen molar-refractivity contribution in [2.75, 3.05) is 5.32 Å². The fourth-order valence-electron chi connectivity index (χ4n) is 6.55. The molecule has 0 saturated carbocycles. The monoisotopic (exact) mass is 706 g/mol. The van der Waals surface area contributed by atoms with Gasteiger partial charge in [0.2, 0.25) is 0 Å². The van der Waals surface area contributed by atoms with Crippen LogP contribution in [-0.2, 0) is 20.9 Å². The second-order valence-electron chi connectivity index (χ2n) is 13.1. The number of carbonyl (C=O) groups is 3. The number of rotatable bonds is 15. The number of anilines is 1. The normalized spacial score (nSPS) is 13.0. The molecule has 0 aliphatic carbocycles. The molecular formula is C42H43FN2O7. The Morgan fingerprint density at radius 2 is 1.38 bits per heavy atom. The van der Waals surface area contributed by atoms with E-state index >= 15 is 0 Å². The van der Waals surface area contributed by atoms with Crippen molar-refractivity contribution in [3.8, 4) is 22.4 Å². The Kier molecular flexibility index (Phi) is 12.4. The molecule has 1 amide bonds. The molecule has 0 fully saturated rings. The highest BCUT2D eigenvalue weighted by atomic mass is 19.1. The zero-order chi connectivity index (χ0) is 37.4. The average Bonchev–Trinajstić information content (AvgIpc) is 3.46. The highest BCUT2D eigenvalue weighted by Crippen LogP contribution is 2.43. The molecule has 0 aliphatic heterocycles. The van der Waals surface area contributed by atoms with Gasteiger partial charge in [0.25, 0.3) is 5.91 Å². The highest BCUT2D eigenvalue weighted by molar-refractivity contribution is 6.12. The summed E-state index contributed by atoms with van der Waals surface area (Å²) < 4.78 is 21.8. The summed E-state index contributed by atoms with van der Waals surface area (Å²) in [5, 5.41) is 33.2. The summed E-state index contributed by atoms with van der Waals surface area (Å²) >= 11 is 0. The summed E-state index contributed by atoms with van der Waals surface area (Å²) in [5.41, 5.74) is 5.83. The molecule has 4 N–H and O–H groups in total. The molecule has 0 radical (unpaired) electrons. The van der Waals surface area contributed by atoms with E-state index in [0.29, 0.717) is 33.8 Å². The van der Waals surface area contributed by atoms with Crippen LogP contribution in [0.2, 0.25) is 0 Å². The van der Waals surface area contributed by atoms with Crippen molar-refractivity contribution in [1.82, 2.24) is 4.57 Å². The molecule has 1 unspecified atom stereocenters.